The number of ketones is 1. The zero-order valence-electron chi connectivity index (χ0n) is 10.8. The Labute approximate surface area is 119 Å². The highest BCUT2D eigenvalue weighted by atomic mass is 35.5. The fraction of sp³-hybridized carbons (Fsp3) is 0.133. The fourth-order valence-electron chi connectivity index (χ4n) is 1.81. The molecular formula is C15H11ClF2O2. The lowest BCUT2D eigenvalue weighted by Crippen LogP contribution is -2.08. The normalized spacial score (nSPS) is 10.4. The number of benzene rings is 2. The van der Waals surface area contributed by atoms with E-state index in [2.05, 4.69) is 0 Å². The maximum absolute atomic E-state index is 13.8. The molecule has 0 bridgehead atoms. The summed E-state index contributed by atoms with van der Waals surface area (Å²) in [4.78, 5) is 12.2. The van der Waals surface area contributed by atoms with Gasteiger partial charge in [0.15, 0.2) is 5.78 Å². The van der Waals surface area contributed by atoms with E-state index in [1.54, 1.807) is 6.92 Å². The minimum atomic E-state index is -0.959. The summed E-state index contributed by atoms with van der Waals surface area (Å²) in [5, 5.41) is 0.484. The van der Waals surface area contributed by atoms with E-state index in [-0.39, 0.29) is 11.3 Å². The van der Waals surface area contributed by atoms with Crippen molar-refractivity contribution in [2.24, 2.45) is 0 Å². The molecule has 0 aliphatic heterocycles. The summed E-state index contributed by atoms with van der Waals surface area (Å²) < 4.78 is 32.4. The summed E-state index contributed by atoms with van der Waals surface area (Å²) in [6, 6.07) is 6.39. The van der Waals surface area contributed by atoms with Crippen molar-refractivity contribution in [3.8, 4) is 5.75 Å². The van der Waals surface area contributed by atoms with Crippen LogP contribution in [0.4, 0.5) is 8.78 Å². The van der Waals surface area contributed by atoms with Gasteiger partial charge in [0.05, 0.1) is 12.7 Å². The van der Waals surface area contributed by atoms with Crippen LogP contribution < -0.4 is 4.74 Å². The minimum absolute atomic E-state index is 0.0174. The first-order valence-electron chi connectivity index (χ1n) is 5.78. The third-order valence-corrected chi connectivity index (χ3v) is 3.32. The highest BCUT2D eigenvalue weighted by Gasteiger charge is 2.20. The molecule has 5 heteroatoms. The van der Waals surface area contributed by atoms with Gasteiger partial charge in [0.25, 0.3) is 0 Å². The maximum Gasteiger partial charge on any atom is 0.198 e. The Balaban J connectivity index is 2.50. The Morgan fingerprint density at radius 3 is 2.25 bits per heavy atom. The Hall–Kier alpha value is -1.94. The van der Waals surface area contributed by atoms with Crippen LogP contribution in [-0.4, -0.2) is 12.9 Å². The van der Waals surface area contributed by atoms with E-state index >= 15 is 0 Å². The predicted octanol–water partition coefficient (Wildman–Crippen LogP) is 4.17. The van der Waals surface area contributed by atoms with Crippen molar-refractivity contribution >= 4 is 17.4 Å². The topological polar surface area (TPSA) is 26.3 Å². The Morgan fingerprint density at radius 1 is 1.15 bits per heavy atom. The molecule has 0 atom stereocenters. The van der Waals surface area contributed by atoms with Gasteiger partial charge < -0.3 is 4.74 Å². The van der Waals surface area contributed by atoms with E-state index in [1.807, 2.05) is 0 Å². The number of halogens is 3. The molecule has 0 heterocycles. The largest absolute Gasteiger partial charge is 0.497 e. The van der Waals surface area contributed by atoms with E-state index in [1.165, 1.54) is 25.3 Å². The predicted molar refractivity (Wildman–Crippen MR) is 72.5 cm³/mol. The second-order valence-corrected chi connectivity index (χ2v) is 4.67. The molecule has 0 saturated carbocycles. The average Bonchev–Trinajstić information content (AvgIpc) is 2.40. The summed E-state index contributed by atoms with van der Waals surface area (Å²) in [6.07, 6.45) is 0. The number of carbonyl (C=O) groups excluding carboxylic acids is 1. The van der Waals surface area contributed by atoms with Gasteiger partial charge in [0, 0.05) is 22.7 Å². The van der Waals surface area contributed by atoms with Gasteiger partial charge in [-0.15, -0.1) is 0 Å². The number of aryl methyl sites for hydroxylation is 1. The van der Waals surface area contributed by atoms with Crippen molar-refractivity contribution < 1.29 is 18.3 Å². The summed E-state index contributed by atoms with van der Waals surface area (Å²) in [5.41, 5.74) is 0.231. The minimum Gasteiger partial charge on any atom is -0.497 e. The van der Waals surface area contributed by atoms with Crippen LogP contribution in [0, 0.1) is 18.6 Å². The molecule has 2 aromatic carbocycles. The molecular weight excluding hydrogens is 286 g/mol. The van der Waals surface area contributed by atoms with Gasteiger partial charge >= 0.3 is 0 Å². The zero-order chi connectivity index (χ0) is 14.9. The smallest absolute Gasteiger partial charge is 0.198 e. The molecule has 0 spiro atoms. The molecule has 0 N–H and O–H groups in total. The molecule has 0 fully saturated rings. The molecule has 0 amide bonds. The van der Waals surface area contributed by atoms with Crippen molar-refractivity contribution in [2.75, 3.05) is 7.11 Å². The van der Waals surface area contributed by atoms with Crippen molar-refractivity contribution in [3.63, 3.8) is 0 Å². The van der Waals surface area contributed by atoms with E-state index in [0.717, 1.165) is 12.1 Å². The van der Waals surface area contributed by atoms with Crippen molar-refractivity contribution in [1.82, 2.24) is 0 Å². The summed E-state index contributed by atoms with van der Waals surface area (Å²) >= 11 is 5.86. The van der Waals surface area contributed by atoms with E-state index in [9.17, 15) is 13.6 Å². The number of rotatable bonds is 3. The number of hydrogen-bond donors (Lipinski definition) is 0. The van der Waals surface area contributed by atoms with Crippen molar-refractivity contribution in [3.05, 3.63) is 63.7 Å². The first-order valence-corrected chi connectivity index (χ1v) is 6.15. The quantitative estimate of drug-likeness (QED) is 0.795. The monoisotopic (exact) mass is 296 g/mol. The van der Waals surface area contributed by atoms with E-state index in [0.29, 0.717) is 10.6 Å². The standard InChI is InChI=1S/C15H11ClF2O2/c1-8-5-9(3-4-11(8)16)15(19)14-12(17)6-10(20-2)7-13(14)18/h3-7H,1-2H3. The SMILES string of the molecule is COc1cc(F)c(C(=O)c2ccc(Cl)c(C)c2)c(F)c1. The van der Waals surface area contributed by atoms with Gasteiger partial charge in [-0.2, -0.15) is 0 Å². The Morgan fingerprint density at radius 2 is 1.75 bits per heavy atom. The molecule has 20 heavy (non-hydrogen) atoms. The molecule has 0 unspecified atom stereocenters. The van der Waals surface area contributed by atoms with Gasteiger partial charge in [-0.05, 0) is 30.7 Å². The van der Waals surface area contributed by atoms with E-state index in [4.69, 9.17) is 16.3 Å². The zero-order valence-corrected chi connectivity index (χ0v) is 11.6. The molecule has 0 aromatic heterocycles. The summed E-state index contributed by atoms with van der Waals surface area (Å²) in [7, 11) is 1.29. The van der Waals surface area contributed by atoms with Gasteiger partial charge in [0.2, 0.25) is 0 Å². The summed E-state index contributed by atoms with van der Waals surface area (Å²) in [5.74, 6) is -2.63. The van der Waals surface area contributed by atoms with Crippen molar-refractivity contribution in [2.45, 2.75) is 6.92 Å². The number of hydrogen-bond acceptors (Lipinski definition) is 2. The third kappa shape index (κ3) is 2.65. The molecule has 0 saturated heterocycles. The van der Waals surface area contributed by atoms with Gasteiger partial charge in [-0.1, -0.05) is 11.6 Å². The maximum atomic E-state index is 13.8. The van der Waals surface area contributed by atoms with Crippen LogP contribution in [0.15, 0.2) is 30.3 Å². The average molecular weight is 297 g/mol. The van der Waals surface area contributed by atoms with Gasteiger partial charge in [-0.25, -0.2) is 8.78 Å². The van der Waals surface area contributed by atoms with Crippen LogP contribution in [0.25, 0.3) is 0 Å². The first kappa shape index (κ1) is 14.5. The molecule has 2 rings (SSSR count). The second kappa shape index (κ2) is 5.59. The van der Waals surface area contributed by atoms with E-state index < -0.39 is 23.0 Å². The number of carbonyl (C=O) groups is 1. The Kier molecular flexibility index (Phi) is 4.04. The molecule has 0 radical (unpaired) electrons. The van der Waals surface area contributed by atoms with Crippen LogP contribution in [0.5, 0.6) is 5.75 Å². The van der Waals surface area contributed by atoms with Gasteiger partial charge in [0.1, 0.15) is 17.4 Å². The molecule has 2 aromatic rings. The third-order valence-electron chi connectivity index (χ3n) is 2.90. The number of ether oxygens (including phenoxy) is 1. The van der Waals surface area contributed by atoms with Crippen LogP contribution in [0.2, 0.25) is 5.02 Å². The lowest BCUT2D eigenvalue weighted by atomic mass is 10.0. The fourth-order valence-corrected chi connectivity index (χ4v) is 1.93. The molecule has 2 nitrogen and oxygen atoms in total. The molecule has 0 aliphatic carbocycles. The number of methoxy groups -OCH3 is 1. The van der Waals surface area contributed by atoms with Crippen LogP contribution in [0.1, 0.15) is 21.5 Å². The second-order valence-electron chi connectivity index (χ2n) is 4.26. The van der Waals surface area contributed by atoms with Crippen LogP contribution in [0.3, 0.4) is 0 Å². The first-order chi connectivity index (χ1) is 9.43. The van der Waals surface area contributed by atoms with Crippen LogP contribution in [-0.2, 0) is 0 Å². The van der Waals surface area contributed by atoms with Crippen molar-refractivity contribution in [1.29, 1.82) is 0 Å². The highest BCUT2D eigenvalue weighted by molar-refractivity contribution is 6.31. The Bertz CT molecular complexity index is 661. The lowest BCUT2D eigenvalue weighted by molar-refractivity contribution is 0.103. The summed E-state index contributed by atoms with van der Waals surface area (Å²) in [6.45, 7) is 1.71. The molecule has 0 aliphatic rings. The lowest BCUT2D eigenvalue weighted by Gasteiger charge is -2.08. The van der Waals surface area contributed by atoms with Gasteiger partial charge in [-0.3, -0.25) is 4.79 Å². The van der Waals surface area contributed by atoms with Crippen LogP contribution >= 0.6 is 11.6 Å². The highest BCUT2D eigenvalue weighted by Crippen LogP contribution is 2.24. The molecule has 104 valence electrons.